The zero-order valence-electron chi connectivity index (χ0n) is 14.0. The average Bonchev–Trinajstić information content (AvgIpc) is 3.40. The molecule has 5 nitrogen and oxygen atoms in total. The van der Waals surface area contributed by atoms with Crippen molar-refractivity contribution < 1.29 is 9.32 Å². The maximum Gasteiger partial charge on any atom is 0.276 e. The summed E-state index contributed by atoms with van der Waals surface area (Å²) in [6.07, 6.45) is 0. The van der Waals surface area contributed by atoms with Crippen LogP contribution in [0.3, 0.4) is 0 Å². The van der Waals surface area contributed by atoms with Crippen molar-refractivity contribution >= 4 is 28.8 Å². The summed E-state index contributed by atoms with van der Waals surface area (Å²) >= 11 is 7.35. The third-order valence-electron chi connectivity index (χ3n) is 4.80. The van der Waals surface area contributed by atoms with Gasteiger partial charge < -0.3 is 15.2 Å². The van der Waals surface area contributed by atoms with Crippen LogP contribution in [-0.4, -0.2) is 35.6 Å². The number of rotatable bonds is 4. The van der Waals surface area contributed by atoms with E-state index in [1.54, 1.807) is 12.1 Å². The van der Waals surface area contributed by atoms with Crippen molar-refractivity contribution in [1.82, 2.24) is 10.1 Å². The number of hydrogen-bond donors (Lipinski definition) is 1. The van der Waals surface area contributed by atoms with E-state index in [2.05, 4.69) is 17.3 Å². The first-order chi connectivity index (χ1) is 12.7. The number of halogens is 1. The molecule has 0 bridgehead atoms. The summed E-state index contributed by atoms with van der Waals surface area (Å²) in [5.74, 6) is 0.912. The Balaban J connectivity index is 1.53. The van der Waals surface area contributed by atoms with E-state index in [0.29, 0.717) is 35.4 Å². The second kappa shape index (κ2) is 7.23. The maximum absolute atomic E-state index is 12.9. The predicted molar refractivity (Wildman–Crippen MR) is 102 cm³/mol. The number of carbonyl (C=O) groups excluding carboxylic acids is 1. The molecule has 0 saturated carbocycles. The van der Waals surface area contributed by atoms with Crippen LogP contribution in [0.1, 0.15) is 22.0 Å². The fourth-order valence-electron chi connectivity index (χ4n) is 3.45. The monoisotopic (exact) mass is 387 g/mol. The summed E-state index contributed by atoms with van der Waals surface area (Å²) in [5.41, 5.74) is 7.49. The van der Waals surface area contributed by atoms with Crippen LogP contribution in [0.2, 0.25) is 4.34 Å². The molecule has 134 valence electrons. The highest BCUT2D eigenvalue weighted by molar-refractivity contribution is 7.19. The zero-order valence-corrected chi connectivity index (χ0v) is 15.5. The highest BCUT2D eigenvalue weighted by Crippen LogP contribution is 2.34. The maximum atomic E-state index is 12.9. The Morgan fingerprint density at radius 1 is 1.27 bits per heavy atom. The molecule has 1 aliphatic heterocycles. The molecule has 3 heterocycles. The van der Waals surface area contributed by atoms with Crippen LogP contribution < -0.4 is 5.73 Å². The second-order valence-electron chi connectivity index (χ2n) is 6.40. The molecule has 1 amide bonds. The molecule has 0 spiro atoms. The Kier molecular flexibility index (Phi) is 4.80. The van der Waals surface area contributed by atoms with Crippen LogP contribution in [0.25, 0.3) is 10.6 Å². The number of hydrogen-bond acceptors (Lipinski definition) is 5. The van der Waals surface area contributed by atoms with Crippen LogP contribution in [0, 0.1) is 5.92 Å². The third-order valence-corrected chi connectivity index (χ3v) is 6.05. The van der Waals surface area contributed by atoms with Gasteiger partial charge in [-0.15, -0.1) is 11.3 Å². The first-order valence-electron chi connectivity index (χ1n) is 8.42. The average molecular weight is 388 g/mol. The van der Waals surface area contributed by atoms with Crippen LogP contribution >= 0.6 is 22.9 Å². The Hall–Kier alpha value is -2.15. The van der Waals surface area contributed by atoms with E-state index in [1.165, 1.54) is 16.9 Å². The highest BCUT2D eigenvalue weighted by Gasteiger charge is 2.36. The van der Waals surface area contributed by atoms with Crippen LogP contribution in [0.5, 0.6) is 0 Å². The van der Waals surface area contributed by atoms with E-state index in [-0.39, 0.29) is 17.7 Å². The number of likely N-dealkylation sites (tertiary alicyclic amines) is 1. The molecule has 0 unspecified atom stereocenters. The Bertz CT molecular complexity index is 908. The van der Waals surface area contributed by atoms with Gasteiger partial charge in [-0.3, -0.25) is 4.79 Å². The van der Waals surface area contributed by atoms with E-state index in [4.69, 9.17) is 21.9 Å². The van der Waals surface area contributed by atoms with Gasteiger partial charge in [0, 0.05) is 25.1 Å². The SMILES string of the molecule is NC[C@@H]1CN(C(=O)c2cc(-c3ccc(Cl)s3)on2)C[C@H]1c1ccccc1. The first kappa shape index (κ1) is 17.3. The summed E-state index contributed by atoms with van der Waals surface area (Å²) in [4.78, 5) is 15.5. The van der Waals surface area contributed by atoms with Crippen LogP contribution in [0.15, 0.2) is 53.1 Å². The van der Waals surface area contributed by atoms with E-state index in [0.717, 1.165) is 4.88 Å². The number of amides is 1. The molecule has 2 aromatic heterocycles. The molecular formula is C19H18ClN3O2S. The van der Waals surface area contributed by atoms with Crippen LogP contribution in [0.4, 0.5) is 0 Å². The molecule has 26 heavy (non-hydrogen) atoms. The van der Waals surface area contributed by atoms with Gasteiger partial charge in [-0.2, -0.15) is 0 Å². The summed E-state index contributed by atoms with van der Waals surface area (Å²) in [7, 11) is 0. The normalized spacial score (nSPS) is 19.8. The first-order valence-corrected chi connectivity index (χ1v) is 9.62. The highest BCUT2D eigenvalue weighted by atomic mass is 35.5. The smallest absolute Gasteiger partial charge is 0.276 e. The van der Waals surface area contributed by atoms with E-state index in [1.807, 2.05) is 29.2 Å². The molecular weight excluding hydrogens is 370 g/mol. The molecule has 2 N–H and O–H groups in total. The lowest BCUT2D eigenvalue weighted by atomic mass is 9.89. The number of nitrogens with two attached hydrogens (primary N) is 1. The Morgan fingerprint density at radius 2 is 2.08 bits per heavy atom. The van der Waals surface area contributed by atoms with Crippen LogP contribution in [-0.2, 0) is 0 Å². The third kappa shape index (κ3) is 3.28. The van der Waals surface area contributed by atoms with Crippen molar-refractivity contribution in [2.24, 2.45) is 11.7 Å². The lowest BCUT2D eigenvalue weighted by Crippen LogP contribution is -2.30. The Labute approximate surface area is 160 Å². The number of benzene rings is 1. The number of nitrogens with zero attached hydrogens (tertiary/aromatic N) is 2. The van der Waals surface area contributed by atoms with Gasteiger partial charge in [0.25, 0.3) is 5.91 Å². The zero-order chi connectivity index (χ0) is 18.1. The van der Waals surface area contributed by atoms with Gasteiger partial charge in [0.1, 0.15) is 0 Å². The van der Waals surface area contributed by atoms with Crippen molar-refractivity contribution in [1.29, 1.82) is 0 Å². The minimum absolute atomic E-state index is 0.125. The van der Waals surface area contributed by atoms with Crippen molar-refractivity contribution in [3.05, 3.63) is 64.1 Å². The summed E-state index contributed by atoms with van der Waals surface area (Å²) in [6.45, 7) is 1.81. The minimum Gasteiger partial charge on any atom is -0.355 e. The standard InChI is InChI=1S/C19H18ClN3O2S/c20-18-7-6-17(26-18)16-8-15(22-25-16)19(24)23-10-13(9-21)14(11-23)12-4-2-1-3-5-12/h1-8,13-14H,9-11,21H2/t13-,14+/m1/s1. The van der Waals surface area contributed by atoms with Crippen molar-refractivity contribution in [3.8, 4) is 10.6 Å². The quantitative estimate of drug-likeness (QED) is 0.737. The molecule has 2 atom stereocenters. The van der Waals surface area contributed by atoms with Crippen molar-refractivity contribution in [3.63, 3.8) is 0 Å². The lowest BCUT2D eigenvalue weighted by molar-refractivity contribution is 0.0776. The molecule has 1 saturated heterocycles. The van der Waals surface area contributed by atoms with E-state index >= 15 is 0 Å². The largest absolute Gasteiger partial charge is 0.355 e. The molecule has 4 rings (SSSR count). The molecule has 7 heteroatoms. The topological polar surface area (TPSA) is 72.4 Å². The number of carbonyl (C=O) groups is 1. The molecule has 1 aliphatic rings. The van der Waals surface area contributed by atoms with Crippen molar-refractivity contribution in [2.75, 3.05) is 19.6 Å². The van der Waals surface area contributed by atoms with Gasteiger partial charge in [-0.05, 0) is 30.2 Å². The molecule has 1 fully saturated rings. The lowest BCUT2D eigenvalue weighted by Gasteiger charge is -2.16. The fraction of sp³-hybridized carbons (Fsp3) is 0.263. The van der Waals surface area contributed by atoms with Gasteiger partial charge in [-0.1, -0.05) is 47.1 Å². The second-order valence-corrected chi connectivity index (χ2v) is 8.12. The molecule has 1 aromatic carbocycles. The molecule has 0 radical (unpaired) electrons. The van der Waals surface area contributed by atoms with Gasteiger partial charge >= 0.3 is 0 Å². The summed E-state index contributed by atoms with van der Waals surface area (Å²) in [5, 5.41) is 3.96. The van der Waals surface area contributed by atoms with Gasteiger partial charge in [-0.25, -0.2) is 0 Å². The van der Waals surface area contributed by atoms with E-state index in [9.17, 15) is 4.79 Å². The summed E-state index contributed by atoms with van der Waals surface area (Å²) in [6, 6.07) is 15.5. The number of aromatic nitrogens is 1. The van der Waals surface area contributed by atoms with Gasteiger partial charge in [0.2, 0.25) is 0 Å². The predicted octanol–water partition coefficient (Wildman–Crippen LogP) is 3.87. The van der Waals surface area contributed by atoms with Gasteiger partial charge in [0.05, 0.1) is 9.21 Å². The number of thiophene rings is 1. The van der Waals surface area contributed by atoms with Gasteiger partial charge in [0.15, 0.2) is 11.5 Å². The summed E-state index contributed by atoms with van der Waals surface area (Å²) < 4.78 is 6.01. The minimum atomic E-state index is -0.125. The Morgan fingerprint density at radius 3 is 2.77 bits per heavy atom. The molecule has 3 aromatic rings. The van der Waals surface area contributed by atoms with Crippen molar-refractivity contribution in [2.45, 2.75) is 5.92 Å². The fourth-order valence-corrected chi connectivity index (χ4v) is 4.45. The molecule has 0 aliphatic carbocycles. The van der Waals surface area contributed by atoms with E-state index < -0.39 is 0 Å².